The van der Waals surface area contributed by atoms with Crippen molar-refractivity contribution in [2.75, 3.05) is 26.2 Å². The van der Waals surface area contributed by atoms with E-state index < -0.39 is 0 Å². The molecule has 1 unspecified atom stereocenters. The Morgan fingerprint density at radius 2 is 2.05 bits per heavy atom. The van der Waals surface area contributed by atoms with Crippen LogP contribution in [0.5, 0.6) is 0 Å². The summed E-state index contributed by atoms with van der Waals surface area (Å²) in [7, 11) is 0. The molecular formula is C17H28N2. The summed E-state index contributed by atoms with van der Waals surface area (Å²) in [6, 6.07) is 11.6. The Bertz CT molecular complexity index is 348. The molecule has 1 aromatic rings. The van der Waals surface area contributed by atoms with E-state index >= 15 is 0 Å². The molecule has 1 aliphatic heterocycles. The molecule has 0 saturated carbocycles. The zero-order valence-corrected chi connectivity index (χ0v) is 12.4. The van der Waals surface area contributed by atoms with Gasteiger partial charge in [0.1, 0.15) is 0 Å². The van der Waals surface area contributed by atoms with E-state index in [0.29, 0.717) is 6.04 Å². The average Bonchev–Trinajstić information content (AvgIpc) is 2.65. The normalized spacial score (nSPS) is 21.5. The highest BCUT2D eigenvalue weighted by atomic mass is 15.2. The molecule has 1 saturated heterocycles. The third-order valence-electron chi connectivity index (χ3n) is 4.14. The highest BCUT2D eigenvalue weighted by Crippen LogP contribution is 2.14. The van der Waals surface area contributed by atoms with Crippen LogP contribution in [0.2, 0.25) is 0 Å². The third-order valence-corrected chi connectivity index (χ3v) is 4.14. The van der Waals surface area contributed by atoms with Gasteiger partial charge in [-0.3, -0.25) is 4.90 Å². The summed E-state index contributed by atoms with van der Waals surface area (Å²) in [5, 5.41) is 3.58. The van der Waals surface area contributed by atoms with Crippen molar-refractivity contribution in [2.45, 2.75) is 39.2 Å². The van der Waals surface area contributed by atoms with Crippen LogP contribution in [-0.4, -0.2) is 37.1 Å². The van der Waals surface area contributed by atoms with E-state index in [9.17, 15) is 0 Å². The Morgan fingerprint density at radius 3 is 2.79 bits per heavy atom. The van der Waals surface area contributed by atoms with E-state index in [-0.39, 0.29) is 0 Å². The first-order chi connectivity index (χ1) is 9.27. The molecule has 1 aromatic carbocycles. The maximum absolute atomic E-state index is 3.58. The summed E-state index contributed by atoms with van der Waals surface area (Å²) in [5.41, 5.74) is 1.47. The second kappa shape index (κ2) is 7.66. The van der Waals surface area contributed by atoms with Gasteiger partial charge in [-0.15, -0.1) is 0 Å². The summed E-state index contributed by atoms with van der Waals surface area (Å²) in [5.74, 6) is 0.738. The molecule has 0 aliphatic carbocycles. The Hall–Kier alpha value is -0.860. The predicted molar refractivity (Wildman–Crippen MR) is 82.4 cm³/mol. The monoisotopic (exact) mass is 260 g/mol. The van der Waals surface area contributed by atoms with Crippen LogP contribution in [0.3, 0.4) is 0 Å². The number of benzene rings is 1. The molecule has 0 amide bonds. The van der Waals surface area contributed by atoms with Crippen molar-refractivity contribution in [2.24, 2.45) is 5.92 Å². The molecule has 0 radical (unpaired) electrons. The van der Waals surface area contributed by atoms with Crippen molar-refractivity contribution in [3.8, 4) is 0 Å². The molecule has 19 heavy (non-hydrogen) atoms. The quantitative estimate of drug-likeness (QED) is 0.875. The van der Waals surface area contributed by atoms with Gasteiger partial charge in [0.25, 0.3) is 0 Å². The van der Waals surface area contributed by atoms with Gasteiger partial charge in [0.05, 0.1) is 0 Å². The maximum Gasteiger partial charge on any atom is 0.0243 e. The Balaban J connectivity index is 1.82. The standard InChI is InChI=1S/C17H28N2/c1-15(2)17-14-18-11-7-13-19(17)12-6-10-16-8-4-3-5-9-16/h3-5,8-9,15,17-18H,6-7,10-14H2,1-2H3. The fourth-order valence-corrected chi connectivity index (χ4v) is 3.02. The van der Waals surface area contributed by atoms with Crippen molar-refractivity contribution in [1.82, 2.24) is 10.2 Å². The molecule has 2 heteroatoms. The molecule has 106 valence electrons. The zero-order valence-electron chi connectivity index (χ0n) is 12.4. The highest BCUT2D eigenvalue weighted by molar-refractivity contribution is 5.14. The molecule has 1 atom stereocenters. The highest BCUT2D eigenvalue weighted by Gasteiger charge is 2.22. The van der Waals surface area contributed by atoms with Crippen molar-refractivity contribution in [3.05, 3.63) is 35.9 Å². The second-order valence-corrected chi connectivity index (χ2v) is 5.99. The zero-order chi connectivity index (χ0) is 13.5. The maximum atomic E-state index is 3.58. The average molecular weight is 260 g/mol. The van der Waals surface area contributed by atoms with E-state index in [1.807, 2.05) is 0 Å². The van der Waals surface area contributed by atoms with E-state index in [1.54, 1.807) is 0 Å². The Kier molecular flexibility index (Phi) is 5.87. The van der Waals surface area contributed by atoms with Crippen molar-refractivity contribution < 1.29 is 0 Å². The lowest BCUT2D eigenvalue weighted by molar-refractivity contribution is 0.165. The van der Waals surface area contributed by atoms with E-state index in [1.165, 1.54) is 44.5 Å². The predicted octanol–water partition coefficient (Wildman–Crippen LogP) is 2.94. The lowest BCUT2D eigenvalue weighted by atomic mass is 10.0. The molecular weight excluding hydrogens is 232 g/mol. The minimum absolute atomic E-state index is 0.707. The van der Waals surface area contributed by atoms with Gasteiger partial charge in [-0.25, -0.2) is 0 Å². The van der Waals surface area contributed by atoms with E-state index in [4.69, 9.17) is 0 Å². The largest absolute Gasteiger partial charge is 0.315 e. The first-order valence-corrected chi connectivity index (χ1v) is 7.76. The lowest BCUT2D eigenvalue weighted by Crippen LogP contribution is -2.43. The molecule has 0 spiro atoms. The van der Waals surface area contributed by atoms with Crippen LogP contribution in [0.1, 0.15) is 32.3 Å². The van der Waals surface area contributed by atoms with E-state index in [0.717, 1.165) is 12.5 Å². The summed E-state index contributed by atoms with van der Waals surface area (Å²) in [4.78, 5) is 2.70. The van der Waals surface area contributed by atoms with Gasteiger partial charge in [0, 0.05) is 12.6 Å². The molecule has 2 nitrogen and oxygen atoms in total. The van der Waals surface area contributed by atoms with Crippen molar-refractivity contribution in [3.63, 3.8) is 0 Å². The fourth-order valence-electron chi connectivity index (χ4n) is 3.02. The van der Waals surface area contributed by atoms with Gasteiger partial charge in [-0.05, 0) is 50.4 Å². The molecule has 0 aromatic heterocycles. The van der Waals surface area contributed by atoms with Gasteiger partial charge >= 0.3 is 0 Å². The van der Waals surface area contributed by atoms with Crippen LogP contribution < -0.4 is 5.32 Å². The minimum Gasteiger partial charge on any atom is -0.315 e. The first-order valence-electron chi connectivity index (χ1n) is 7.76. The van der Waals surface area contributed by atoms with Crippen molar-refractivity contribution >= 4 is 0 Å². The molecule has 2 rings (SSSR count). The minimum atomic E-state index is 0.707. The van der Waals surface area contributed by atoms with Gasteiger partial charge in [0.2, 0.25) is 0 Å². The number of aryl methyl sites for hydroxylation is 1. The summed E-state index contributed by atoms with van der Waals surface area (Å²) >= 11 is 0. The Morgan fingerprint density at radius 1 is 1.26 bits per heavy atom. The van der Waals surface area contributed by atoms with Crippen LogP contribution in [0, 0.1) is 5.92 Å². The van der Waals surface area contributed by atoms with Gasteiger partial charge in [-0.1, -0.05) is 44.2 Å². The second-order valence-electron chi connectivity index (χ2n) is 5.99. The fraction of sp³-hybridized carbons (Fsp3) is 0.647. The smallest absolute Gasteiger partial charge is 0.0243 e. The van der Waals surface area contributed by atoms with Gasteiger partial charge < -0.3 is 5.32 Å². The van der Waals surface area contributed by atoms with Crippen LogP contribution in [0.4, 0.5) is 0 Å². The van der Waals surface area contributed by atoms with Crippen LogP contribution in [0.15, 0.2) is 30.3 Å². The molecule has 1 N–H and O–H groups in total. The third kappa shape index (κ3) is 4.63. The van der Waals surface area contributed by atoms with Crippen LogP contribution in [-0.2, 0) is 6.42 Å². The Labute approximate surface area is 118 Å². The molecule has 1 heterocycles. The molecule has 1 aliphatic rings. The summed E-state index contributed by atoms with van der Waals surface area (Å²) in [6.45, 7) is 9.52. The number of nitrogens with one attached hydrogen (secondary N) is 1. The number of rotatable bonds is 5. The molecule has 1 fully saturated rings. The lowest BCUT2D eigenvalue weighted by Gasteiger charge is -2.32. The van der Waals surface area contributed by atoms with Crippen LogP contribution >= 0.6 is 0 Å². The molecule has 0 bridgehead atoms. The number of nitrogens with zero attached hydrogens (tertiary/aromatic N) is 1. The number of hydrogen-bond acceptors (Lipinski definition) is 2. The summed E-state index contributed by atoms with van der Waals surface area (Å²) in [6.07, 6.45) is 3.76. The SMILES string of the molecule is CC(C)C1CNCCCN1CCCc1ccccc1. The van der Waals surface area contributed by atoms with Crippen molar-refractivity contribution in [1.29, 1.82) is 0 Å². The number of hydrogen-bond donors (Lipinski definition) is 1. The van der Waals surface area contributed by atoms with Crippen LogP contribution in [0.25, 0.3) is 0 Å². The first kappa shape index (κ1) is 14.5. The van der Waals surface area contributed by atoms with Gasteiger partial charge in [0.15, 0.2) is 0 Å². The van der Waals surface area contributed by atoms with E-state index in [2.05, 4.69) is 54.4 Å². The summed E-state index contributed by atoms with van der Waals surface area (Å²) < 4.78 is 0. The topological polar surface area (TPSA) is 15.3 Å². The van der Waals surface area contributed by atoms with Gasteiger partial charge in [-0.2, -0.15) is 0 Å².